The van der Waals surface area contributed by atoms with Gasteiger partial charge in [0.2, 0.25) is 0 Å². The maximum atomic E-state index is 3.63. The molecule has 0 unspecified atom stereocenters. The number of rotatable bonds is 9. The molecule has 0 aromatic rings. The minimum Gasteiger partial charge on any atom is -0.334 e. The molecule has 4 nitrogen and oxygen atoms in total. The summed E-state index contributed by atoms with van der Waals surface area (Å²) in [7, 11) is 1.03. The lowest BCUT2D eigenvalue weighted by molar-refractivity contribution is -0.0628. The predicted octanol–water partition coefficient (Wildman–Crippen LogP) is -0.239. The van der Waals surface area contributed by atoms with Crippen LogP contribution in [0.15, 0.2) is 0 Å². The fourth-order valence-corrected chi connectivity index (χ4v) is 2.53. The van der Waals surface area contributed by atoms with Crippen LogP contribution in [0.25, 0.3) is 0 Å². The lowest BCUT2D eigenvalue weighted by Crippen LogP contribution is -2.68. The van der Waals surface area contributed by atoms with Gasteiger partial charge in [-0.2, -0.15) is 0 Å². The van der Waals surface area contributed by atoms with Crippen LogP contribution in [-0.4, -0.2) is 58.8 Å². The van der Waals surface area contributed by atoms with E-state index in [0.29, 0.717) is 0 Å². The van der Waals surface area contributed by atoms with E-state index in [0.717, 1.165) is 43.3 Å². The fourth-order valence-electron chi connectivity index (χ4n) is 2.36. The van der Waals surface area contributed by atoms with Crippen molar-refractivity contribution in [2.45, 2.75) is 40.4 Å². The smallest absolute Gasteiger partial charge is 0.126 e. The van der Waals surface area contributed by atoms with E-state index in [2.05, 4.69) is 54.7 Å². The molecule has 0 aliphatic rings. The first-order valence-corrected chi connectivity index (χ1v) is 7.50. The maximum Gasteiger partial charge on any atom is 0.126 e. The van der Waals surface area contributed by atoms with E-state index in [9.17, 15) is 0 Å². The third-order valence-corrected chi connectivity index (χ3v) is 3.71. The lowest BCUT2D eigenvalue weighted by Gasteiger charge is -2.48. The molecular weight excluding hydrogens is 216 g/mol. The first-order chi connectivity index (χ1) is 7.60. The minimum atomic E-state index is -0.0373. The minimum absolute atomic E-state index is 0.0373. The van der Waals surface area contributed by atoms with E-state index in [1.54, 1.807) is 0 Å². The molecule has 0 radical (unpaired) electrons. The molecule has 0 aromatic carbocycles. The van der Waals surface area contributed by atoms with E-state index in [1.165, 1.54) is 0 Å². The van der Waals surface area contributed by atoms with Gasteiger partial charge in [0.1, 0.15) is 5.79 Å². The summed E-state index contributed by atoms with van der Waals surface area (Å²) in [6.07, 6.45) is 0. The van der Waals surface area contributed by atoms with Gasteiger partial charge in [-0.3, -0.25) is 15.1 Å². The maximum absolute atomic E-state index is 3.63. The van der Waals surface area contributed by atoms with E-state index in [-0.39, 0.29) is 5.79 Å². The van der Waals surface area contributed by atoms with Gasteiger partial charge in [-0.15, -0.1) is 0 Å². The molecule has 0 aliphatic heterocycles. The van der Waals surface area contributed by atoms with Crippen molar-refractivity contribution in [3.05, 3.63) is 0 Å². The van der Waals surface area contributed by atoms with Crippen molar-refractivity contribution in [2.24, 2.45) is 0 Å². The highest BCUT2D eigenvalue weighted by atomic mass is 28.2. The second kappa shape index (κ2) is 8.19. The Hall–Kier alpha value is 0.0569. The van der Waals surface area contributed by atoms with Gasteiger partial charge in [0, 0.05) is 6.67 Å². The highest BCUT2D eigenvalue weighted by molar-refractivity contribution is 6.04. The zero-order valence-electron chi connectivity index (χ0n) is 11.9. The van der Waals surface area contributed by atoms with Gasteiger partial charge in [0.05, 0.1) is 10.4 Å². The van der Waals surface area contributed by atoms with Crippen LogP contribution in [0.3, 0.4) is 0 Å². The molecule has 0 aromatic heterocycles. The number of nitrogens with one attached hydrogen (secondary N) is 2. The largest absolute Gasteiger partial charge is 0.334 e. The van der Waals surface area contributed by atoms with Crippen molar-refractivity contribution in [2.75, 3.05) is 32.8 Å². The summed E-state index contributed by atoms with van der Waals surface area (Å²) in [4.78, 5) is 8.25. The predicted molar refractivity (Wildman–Crippen MR) is 75.3 cm³/mol. The second-order valence-electron chi connectivity index (χ2n) is 4.07. The van der Waals surface area contributed by atoms with Crippen molar-refractivity contribution in [1.29, 1.82) is 0 Å². The zero-order chi connectivity index (χ0) is 12.6. The quantitative estimate of drug-likeness (QED) is 0.434. The second-order valence-corrected chi connectivity index (χ2v) is 4.78. The Bertz CT molecular complexity index is 157. The van der Waals surface area contributed by atoms with Crippen LogP contribution < -0.4 is 10.3 Å². The molecule has 0 saturated carbocycles. The Morgan fingerprint density at radius 3 is 1.56 bits per heavy atom. The molecular formula is C11H30N4Si. The molecule has 0 heterocycles. The Morgan fingerprint density at radius 1 is 0.938 bits per heavy atom. The number of nitrogens with zero attached hydrogens (tertiary/aromatic N) is 2. The third-order valence-electron chi connectivity index (χ3n) is 3.36. The molecule has 0 aliphatic carbocycles. The van der Waals surface area contributed by atoms with Gasteiger partial charge in [-0.05, 0) is 33.1 Å². The van der Waals surface area contributed by atoms with Gasteiger partial charge in [0.15, 0.2) is 0 Å². The molecule has 0 rings (SSSR count). The van der Waals surface area contributed by atoms with Gasteiger partial charge in [0.25, 0.3) is 0 Å². The van der Waals surface area contributed by atoms with E-state index >= 15 is 0 Å². The highest BCUT2D eigenvalue weighted by Crippen LogP contribution is 2.16. The van der Waals surface area contributed by atoms with Crippen LogP contribution in [0.4, 0.5) is 0 Å². The third kappa shape index (κ3) is 3.82. The average Bonchev–Trinajstić information content (AvgIpc) is 2.29. The van der Waals surface area contributed by atoms with Crippen LogP contribution in [0.5, 0.6) is 0 Å². The van der Waals surface area contributed by atoms with Gasteiger partial charge >= 0.3 is 0 Å². The summed E-state index contributed by atoms with van der Waals surface area (Å²) in [6.45, 7) is 16.3. The van der Waals surface area contributed by atoms with Gasteiger partial charge in [-0.1, -0.05) is 27.7 Å². The number of hydrogen-bond donors (Lipinski definition) is 2. The SMILES string of the molecule is CCN(CC)C(C)(NCN[SiH3])N(CC)CC. The zero-order valence-corrected chi connectivity index (χ0v) is 13.9. The van der Waals surface area contributed by atoms with Crippen molar-refractivity contribution >= 4 is 10.4 Å². The molecule has 98 valence electrons. The topological polar surface area (TPSA) is 30.5 Å². The van der Waals surface area contributed by atoms with Crippen LogP contribution >= 0.6 is 0 Å². The standard InChI is InChI=1S/C11H30N4Si/c1-6-14(7-2)11(5,12-10-13-16)15(8-3)9-4/h12-13H,6-10H2,1-5,16H3. The monoisotopic (exact) mass is 246 g/mol. The highest BCUT2D eigenvalue weighted by Gasteiger charge is 2.33. The molecule has 16 heavy (non-hydrogen) atoms. The van der Waals surface area contributed by atoms with Crippen LogP contribution in [-0.2, 0) is 0 Å². The Kier molecular flexibility index (Phi) is 8.22. The molecule has 0 spiro atoms. The van der Waals surface area contributed by atoms with Crippen molar-refractivity contribution < 1.29 is 0 Å². The van der Waals surface area contributed by atoms with E-state index in [1.807, 2.05) is 0 Å². The first-order valence-electron chi connectivity index (χ1n) is 6.50. The first kappa shape index (κ1) is 16.1. The molecule has 0 amide bonds. The number of hydrogen-bond acceptors (Lipinski definition) is 4. The van der Waals surface area contributed by atoms with Crippen molar-refractivity contribution in [3.8, 4) is 0 Å². The Morgan fingerprint density at radius 2 is 1.31 bits per heavy atom. The Labute approximate surface area is 104 Å². The van der Waals surface area contributed by atoms with E-state index < -0.39 is 0 Å². The fraction of sp³-hybridized carbons (Fsp3) is 1.00. The van der Waals surface area contributed by atoms with Crippen molar-refractivity contribution in [1.82, 2.24) is 20.1 Å². The molecule has 0 atom stereocenters. The average molecular weight is 246 g/mol. The summed E-state index contributed by atoms with van der Waals surface area (Å²) in [5, 5.41) is 3.63. The van der Waals surface area contributed by atoms with Gasteiger partial charge < -0.3 is 4.98 Å². The van der Waals surface area contributed by atoms with Crippen molar-refractivity contribution in [3.63, 3.8) is 0 Å². The molecule has 0 bridgehead atoms. The normalized spacial score (nSPS) is 12.9. The summed E-state index contributed by atoms with van der Waals surface area (Å²) in [6, 6.07) is 0. The Balaban J connectivity index is 4.82. The summed E-state index contributed by atoms with van der Waals surface area (Å²) in [5.41, 5.74) is 0. The van der Waals surface area contributed by atoms with Gasteiger partial charge in [-0.25, -0.2) is 0 Å². The van der Waals surface area contributed by atoms with Crippen LogP contribution in [0.1, 0.15) is 34.6 Å². The molecule has 0 saturated heterocycles. The molecule has 5 heteroatoms. The van der Waals surface area contributed by atoms with Crippen LogP contribution in [0, 0.1) is 0 Å². The summed E-state index contributed by atoms with van der Waals surface area (Å²) >= 11 is 0. The summed E-state index contributed by atoms with van der Waals surface area (Å²) in [5.74, 6) is -0.0373. The van der Waals surface area contributed by atoms with Crippen LogP contribution in [0.2, 0.25) is 0 Å². The lowest BCUT2D eigenvalue weighted by atomic mass is 10.2. The molecule has 2 N–H and O–H groups in total. The molecule has 0 fully saturated rings. The summed E-state index contributed by atoms with van der Waals surface area (Å²) < 4.78 is 0. The van der Waals surface area contributed by atoms with E-state index in [4.69, 9.17) is 0 Å².